The standard InChI is InChI=1S/C19H26FNO4S/c1-25-19(22)11-7-3-6-10-17-15(12-13-18(17)20)14-21-26(23,24)16-8-4-2-5-9-16/h2-6,8-9,15,17-18,21H,7,10-14H2,1H3/b6-3-/t15-,17-,18-/m1/s1. The summed E-state index contributed by atoms with van der Waals surface area (Å²) in [6.07, 6.45) is 5.33. The summed E-state index contributed by atoms with van der Waals surface area (Å²) < 4.78 is 46.0. The van der Waals surface area contributed by atoms with Gasteiger partial charge in [-0.15, -0.1) is 0 Å². The van der Waals surface area contributed by atoms with Crippen molar-refractivity contribution in [3.63, 3.8) is 0 Å². The molecule has 1 saturated carbocycles. The summed E-state index contributed by atoms with van der Waals surface area (Å²) in [7, 11) is -2.23. The maximum absolute atomic E-state index is 14.2. The number of esters is 1. The summed E-state index contributed by atoms with van der Waals surface area (Å²) in [5.74, 6) is -0.510. The van der Waals surface area contributed by atoms with E-state index in [0.29, 0.717) is 32.1 Å². The van der Waals surface area contributed by atoms with Crippen molar-refractivity contribution in [2.24, 2.45) is 11.8 Å². The Bertz CT molecular complexity index is 706. The quantitative estimate of drug-likeness (QED) is 0.525. The van der Waals surface area contributed by atoms with Gasteiger partial charge in [-0.2, -0.15) is 0 Å². The van der Waals surface area contributed by atoms with Gasteiger partial charge in [-0.1, -0.05) is 30.4 Å². The molecule has 144 valence electrons. The Morgan fingerprint density at radius 3 is 2.69 bits per heavy atom. The molecule has 0 unspecified atom stereocenters. The molecule has 0 spiro atoms. The Morgan fingerprint density at radius 1 is 1.27 bits per heavy atom. The van der Waals surface area contributed by atoms with Crippen molar-refractivity contribution in [2.45, 2.75) is 43.2 Å². The van der Waals surface area contributed by atoms with Gasteiger partial charge in [-0.05, 0) is 49.7 Å². The number of carbonyl (C=O) groups is 1. The van der Waals surface area contributed by atoms with Crippen LogP contribution in [0, 0.1) is 11.8 Å². The van der Waals surface area contributed by atoms with E-state index in [-0.39, 0.29) is 29.2 Å². The van der Waals surface area contributed by atoms with Crippen molar-refractivity contribution in [1.29, 1.82) is 0 Å². The van der Waals surface area contributed by atoms with Gasteiger partial charge in [0.2, 0.25) is 10.0 Å². The summed E-state index contributed by atoms with van der Waals surface area (Å²) in [4.78, 5) is 11.3. The highest BCUT2D eigenvalue weighted by Crippen LogP contribution is 2.36. The predicted octanol–water partition coefficient (Wildman–Crippen LogP) is 3.23. The SMILES string of the molecule is COC(=O)CC/C=C\C[C@@H]1[C@@H](CNS(=O)(=O)c2ccccc2)CC[C@H]1F. The first-order chi connectivity index (χ1) is 12.4. The van der Waals surface area contributed by atoms with Crippen LogP contribution in [0.25, 0.3) is 0 Å². The van der Waals surface area contributed by atoms with Gasteiger partial charge in [0.15, 0.2) is 0 Å². The molecule has 1 aliphatic rings. The van der Waals surface area contributed by atoms with E-state index in [0.717, 1.165) is 0 Å². The fourth-order valence-corrected chi connectivity index (χ4v) is 4.38. The highest BCUT2D eigenvalue weighted by Gasteiger charge is 2.35. The number of rotatable bonds is 9. The molecule has 0 aliphatic heterocycles. The number of sulfonamides is 1. The Kier molecular flexibility index (Phi) is 7.78. The number of methoxy groups -OCH3 is 1. The third kappa shape index (κ3) is 5.92. The molecule has 5 nitrogen and oxygen atoms in total. The van der Waals surface area contributed by atoms with E-state index in [4.69, 9.17) is 0 Å². The number of hydrogen-bond donors (Lipinski definition) is 1. The number of carbonyl (C=O) groups excluding carboxylic acids is 1. The molecule has 0 radical (unpaired) electrons. The van der Waals surface area contributed by atoms with Crippen LogP contribution in [0.5, 0.6) is 0 Å². The number of benzene rings is 1. The molecular formula is C19H26FNO4S. The van der Waals surface area contributed by atoms with Gasteiger partial charge in [0.05, 0.1) is 12.0 Å². The molecule has 7 heteroatoms. The molecular weight excluding hydrogens is 357 g/mol. The van der Waals surface area contributed by atoms with Crippen LogP contribution in [0.2, 0.25) is 0 Å². The second-order valence-electron chi connectivity index (χ2n) is 6.50. The van der Waals surface area contributed by atoms with E-state index in [1.807, 2.05) is 12.2 Å². The zero-order chi connectivity index (χ0) is 19.0. The van der Waals surface area contributed by atoms with E-state index >= 15 is 0 Å². The number of halogens is 1. The zero-order valence-electron chi connectivity index (χ0n) is 14.9. The van der Waals surface area contributed by atoms with Crippen LogP contribution in [0.15, 0.2) is 47.4 Å². The number of ether oxygens (including phenoxy) is 1. The van der Waals surface area contributed by atoms with E-state index < -0.39 is 16.2 Å². The van der Waals surface area contributed by atoms with E-state index in [1.54, 1.807) is 18.2 Å². The molecule has 0 aromatic heterocycles. The van der Waals surface area contributed by atoms with E-state index in [9.17, 15) is 17.6 Å². The lowest BCUT2D eigenvalue weighted by atomic mass is 9.92. The minimum absolute atomic E-state index is 0.0336. The first kappa shape index (κ1) is 20.6. The Morgan fingerprint density at radius 2 is 2.00 bits per heavy atom. The molecule has 3 atom stereocenters. The largest absolute Gasteiger partial charge is 0.469 e. The van der Waals surface area contributed by atoms with Gasteiger partial charge in [0, 0.05) is 13.0 Å². The van der Waals surface area contributed by atoms with Crippen molar-refractivity contribution in [3.8, 4) is 0 Å². The molecule has 0 saturated heterocycles. The van der Waals surface area contributed by atoms with Crippen molar-refractivity contribution in [2.75, 3.05) is 13.7 Å². The Hall–Kier alpha value is -1.73. The van der Waals surface area contributed by atoms with Gasteiger partial charge >= 0.3 is 5.97 Å². The van der Waals surface area contributed by atoms with E-state index in [2.05, 4.69) is 9.46 Å². The van der Waals surface area contributed by atoms with Gasteiger partial charge < -0.3 is 4.74 Å². The van der Waals surface area contributed by atoms with Gasteiger partial charge in [-0.3, -0.25) is 4.79 Å². The topological polar surface area (TPSA) is 72.5 Å². The molecule has 1 aromatic carbocycles. The lowest BCUT2D eigenvalue weighted by Gasteiger charge is -2.20. The average molecular weight is 383 g/mol. The number of alkyl halides is 1. The molecule has 1 aromatic rings. The smallest absolute Gasteiger partial charge is 0.305 e. The van der Waals surface area contributed by atoms with Crippen molar-refractivity contribution in [3.05, 3.63) is 42.5 Å². The van der Waals surface area contributed by atoms with Crippen LogP contribution in [-0.2, 0) is 19.6 Å². The Labute approximate surface area is 154 Å². The lowest BCUT2D eigenvalue weighted by Crippen LogP contribution is -2.32. The summed E-state index contributed by atoms with van der Waals surface area (Å²) >= 11 is 0. The van der Waals surface area contributed by atoms with Crippen molar-refractivity contribution in [1.82, 2.24) is 4.72 Å². The van der Waals surface area contributed by atoms with Crippen molar-refractivity contribution >= 4 is 16.0 Å². The first-order valence-corrected chi connectivity index (χ1v) is 10.3. The predicted molar refractivity (Wildman–Crippen MR) is 97.7 cm³/mol. The second-order valence-corrected chi connectivity index (χ2v) is 8.27. The summed E-state index contributed by atoms with van der Waals surface area (Å²) in [6.45, 7) is 0.234. The van der Waals surface area contributed by atoms with Crippen LogP contribution in [0.3, 0.4) is 0 Å². The highest BCUT2D eigenvalue weighted by atomic mass is 32.2. The molecule has 2 rings (SSSR count). The summed E-state index contributed by atoms with van der Waals surface area (Å²) in [5, 5.41) is 0. The number of hydrogen-bond acceptors (Lipinski definition) is 4. The highest BCUT2D eigenvalue weighted by molar-refractivity contribution is 7.89. The third-order valence-corrected chi connectivity index (χ3v) is 6.23. The van der Waals surface area contributed by atoms with Crippen LogP contribution in [0.1, 0.15) is 32.1 Å². The van der Waals surface area contributed by atoms with E-state index in [1.165, 1.54) is 19.2 Å². The molecule has 0 amide bonds. The molecule has 1 N–H and O–H groups in total. The molecule has 0 heterocycles. The van der Waals surface area contributed by atoms with Gasteiger partial charge in [0.1, 0.15) is 6.17 Å². The normalized spacial score (nSPS) is 23.4. The monoisotopic (exact) mass is 383 g/mol. The Balaban J connectivity index is 1.86. The fraction of sp³-hybridized carbons (Fsp3) is 0.526. The molecule has 26 heavy (non-hydrogen) atoms. The zero-order valence-corrected chi connectivity index (χ0v) is 15.8. The summed E-state index contributed by atoms with van der Waals surface area (Å²) in [5.41, 5.74) is 0. The van der Waals surface area contributed by atoms with Crippen LogP contribution < -0.4 is 4.72 Å². The summed E-state index contributed by atoms with van der Waals surface area (Å²) in [6, 6.07) is 8.17. The minimum Gasteiger partial charge on any atom is -0.469 e. The maximum atomic E-state index is 14.2. The minimum atomic E-state index is -3.57. The maximum Gasteiger partial charge on any atom is 0.305 e. The van der Waals surface area contributed by atoms with Crippen LogP contribution in [-0.4, -0.2) is 34.2 Å². The second kappa shape index (κ2) is 9.83. The van der Waals surface area contributed by atoms with Crippen molar-refractivity contribution < 1.29 is 22.3 Å². The number of nitrogens with one attached hydrogen (secondary N) is 1. The number of allylic oxidation sites excluding steroid dienone is 2. The van der Waals surface area contributed by atoms with Gasteiger partial charge in [-0.25, -0.2) is 17.5 Å². The van der Waals surface area contributed by atoms with Crippen LogP contribution >= 0.6 is 0 Å². The van der Waals surface area contributed by atoms with Gasteiger partial charge in [0.25, 0.3) is 0 Å². The fourth-order valence-electron chi connectivity index (χ4n) is 3.26. The molecule has 1 fully saturated rings. The van der Waals surface area contributed by atoms with Crippen LogP contribution in [0.4, 0.5) is 4.39 Å². The first-order valence-electron chi connectivity index (χ1n) is 8.84. The molecule has 0 bridgehead atoms. The lowest BCUT2D eigenvalue weighted by molar-refractivity contribution is -0.140. The molecule has 1 aliphatic carbocycles. The average Bonchev–Trinajstić information content (AvgIpc) is 3.00. The third-order valence-electron chi connectivity index (χ3n) is 4.79.